The molecule has 0 saturated heterocycles. The number of benzene rings is 2. The molecule has 0 aliphatic carbocycles. The molecule has 0 bridgehead atoms. The number of Topliss-reactive ketones (excluding diaryl/α,β-unsaturated/α-hetero) is 1. The predicted octanol–water partition coefficient (Wildman–Crippen LogP) is 2.81. The summed E-state index contributed by atoms with van der Waals surface area (Å²) in [6.45, 7) is 2.75. The van der Waals surface area contributed by atoms with E-state index in [-0.39, 0.29) is 18.3 Å². The number of hydrogen-bond acceptors (Lipinski definition) is 4. The molecule has 130 valence electrons. The van der Waals surface area contributed by atoms with Crippen LogP contribution >= 0.6 is 0 Å². The van der Waals surface area contributed by atoms with E-state index in [0.29, 0.717) is 5.56 Å². The predicted molar refractivity (Wildman–Crippen MR) is 93.4 cm³/mol. The van der Waals surface area contributed by atoms with Gasteiger partial charge in [0.2, 0.25) is 5.91 Å². The molecule has 0 aromatic heterocycles. The standard InChI is InChI=1S/C20H21NO4/c1-14(22)18(20(24)25-13-16-9-5-3-6-10-16)19(21-15(2)23)17-11-7-4-8-12-17/h3-12,18-19H,13H2,1-2H3,(H,21,23). The van der Waals surface area contributed by atoms with E-state index < -0.39 is 17.9 Å². The lowest BCUT2D eigenvalue weighted by Gasteiger charge is -2.25. The van der Waals surface area contributed by atoms with Crippen LogP contribution in [0.25, 0.3) is 0 Å². The number of esters is 1. The summed E-state index contributed by atoms with van der Waals surface area (Å²) in [5, 5.41) is 2.70. The summed E-state index contributed by atoms with van der Waals surface area (Å²) in [5.41, 5.74) is 1.50. The molecule has 2 atom stereocenters. The summed E-state index contributed by atoms with van der Waals surface area (Å²) in [7, 11) is 0. The first-order valence-corrected chi connectivity index (χ1v) is 8.02. The SMILES string of the molecule is CC(=O)NC(c1ccccc1)C(C(C)=O)C(=O)OCc1ccccc1. The van der Waals surface area contributed by atoms with Crippen molar-refractivity contribution in [2.45, 2.75) is 26.5 Å². The van der Waals surface area contributed by atoms with Crippen molar-refractivity contribution in [3.63, 3.8) is 0 Å². The molecular weight excluding hydrogens is 318 g/mol. The number of hydrogen-bond donors (Lipinski definition) is 1. The van der Waals surface area contributed by atoms with Gasteiger partial charge in [-0.25, -0.2) is 0 Å². The first-order valence-electron chi connectivity index (χ1n) is 8.02. The van der Waals surface area contributed by atoms with Crippen molar-refractivity contribution in [2.24, 2.45) is 5.92 Å². The Morgan fingerprint density at radius 3 is 2.00 bits per heavy atom. The molecule has 2 aromatic carbocycles. The number of ether oxygens (including phenoxy) is 1. The number of nitrogens with one attached hydrogen (secondary N) is 1. The van der Waals surface area contributed by atoms with Crippen molar-refractivity contribution in [3.8, 4) is 0 Å². The molecule has 0 saturated carbocycles. The number of carbonyl (C=O) groups is 3. The summed E-state index contributed by atoms with van der Waals surface area (Å²) < 4.78 is 5.32. The Morgan fingerprint density at radius 1 is 0.920 bits per heavy atom. The number of amides is 1. The van der Waals surface area contributed by atoms with E-state index in [1.54, 1.807) is 24.3 Å². The second-order valence-corrected chi connectivity index (χ2v) is 5.77. The van der Waals surface area contributed by atoms with Gasteiger partial charge in [-0.1, -0.05) is 60.7 Å². The summed E-state index contributed by atoms with van der Waals surface area (Å²) in [5.74, 6) is -2.44. The maximum absolute atomic E-state index is 12.6. The van der Waals surface area contributed by atoms with Crippen LogP contribution in [0.2, 0.25) is 0 Å². The summed E-state index contributed by atoms with van der Waals surface area (Å²) >= 11 is 0. The highest BCUT2D eigenvalue weighted by molar-refractivity contribution is 5.99. The molecule has 0 aliphatic rings. The summed E-state index contributed by atoms with van der Waals surface area (Å²) in [6.07, 6.45) is 0. The number of ketones is 1. The van der Waals surface area contributed by atoms with E-state index >= 15 is 0 Å². The van der Waals surface area contributed by atoms with E-state index in [2.05, 4.69) is 5.32 Å². The second-order valence-electron chi connectivity index (χ2n) is 5.77. The van der Waals surface area contributed by atoms with E-state index in [0.717, 1.165) is 5.56 Å². The fourth-order valence-electron chi connectivity index (χ4n) is 2.59. The third-order valence-corrected chi connectivity index (χ3v) is 3.77. The van der Waals surface area contributed by atoms with Gasteiger partial charge in [-0.2, -0.15) is 0 Å². The minimum Gasteiger partial charge on any atom is -0.460 e. The molecule has 1 amide bonds. The van der Waals surface area contributed by atoms with Crippen molar-refractivity contribution >= 4 is 17.7 Å². The highest BCUT2D eigenvalue weighted by atomic mass is 16.5. The second kappa shape index (κ2) is 8.78. The van der Waals surface area contributed by atoms with Gasteiger partial charge in [-0.15, -0.1) is 0 Å². The zero-order valence-electron chi connectivity index (χ0n) is 14.3. The minimum absolute atomic E-state index is 0.0744. The first-order chi connectivity index (χ1) is 12.0. The fraction of sp³-hybridized carbons (Fsp3) is 0.250. The quantitative estimate of drug-likeness (QED) is 0.622. The van der Waals surface area contributed by atoms with Gasteiger partial charge in [0.15, 0.2) is 0 Å². The Hall–Kier alpha value is -2.95. The Labute approximate surface area is 147 Å². The van der Waals surface area contributed by atoms with Crippen molar-refractivity contribution in [1.82, 2.24) is 5.32 Å². The lowest BCUT2D eigenvalue weighted by atomic mass is 9.90. The van der Waals surface area contributed by atoms with Crippen LogP contribution in [0.1, 0.15) is 31.0 Å². The van der Waals surface area contributed by atoms with Gasteiger partial charge in [0.1, 0.15) is 18.3 Å². The van der Waals surface area contributed by atoms with Gasteiger partial charge in [-0.3, -0.25) is 14.4 Å². The Morgan fingerprint density at radius 2 is 1.48 bits per heavy atom. The summed E-state index contributed by atoms with van der Waals surface area (Å²) in [6, 6.07) is 17.4. The normalized spacial score (nSPS) is 12.7. The Kier molecular flexibility index (Phi) is 6.46. The maximum Gasteiger partial charge on any atom is 0.319 e. The smallest absolute Gasteiger partial charge is 0.319 e. The van der Waals surface area contributed by atoms with Crippen LogP contribution in [-0.4, -0.2) is 17.7 Å². The highest BCUT2D eigenvalue weighted by Gasteiger charge is 2.35. The molecule has 0 fully saturated rings. The average Bonchev–Trinajstić information content (AvgIpc) is 2.60. The van der Waals surface area contributed by atoms with Crippen LogP contribution in [0.15, 0.2) is 60.7 Å². The van der Waals surface area contributed by atoms with Gasteiger partial charge in [0.05, 0.1) is 6.04 Å². The lowest BCUT2D eigenvalue weighted by molar-refractivity contribution is -0.154. The molecule has 5 nitrogen and oxygen atoms in total. The van der Waals surface area contributed by atoms with Gasteiger partial charge in [0, 0.05) is 6.92 Å². The van der Waals surface area contributed by atoms with Crippen LogP contribution in [0, 0.1) is 5.92 Å². The summed E-state index contributed by atoms with van der Waals surface area (Å²) in [4.78, 5) is 36.3. The van der Waals surface area contributed by atoms with E-state index in [1.807, 2.05) is 36.4 Å². The highest BCUT2D eigenvalue weighted by Crippen LogP contribution is 2.25. The topological polar surface area (TPSA) is 72.5 Å². The molecule has 0 radical (unpaired) electrons. The minimum atomic E-state index is -1.10. The third kappa shape index (κ3) is 5.28. The molecule has 0 aliphatic heterocycles. The fourth-order valence-corrected chi connectivity index (χ4v) is 2.59. The van der Waals surface area contributed by atoms with Gasteiger partial charge >= 0.3 is 5.97 Å². The molecule has 0 spiro atoms. The van der Waals surface area contributed by atoms with Crippen LogP contribution < -0.4 is 5.32 Å². The van der Waals surface area contributed by atoms with E-state index in [1.165, 1.54) is 13.8 Å². The number of rotatable bonds is 7. The zero-order valence-corrected chi connectivity index (χ0v) is 14.3. The van der Waals surface area contributed by atoms with Crippen molar-refractivity contribution in [1.29, 1.82) is 0 Å². The molecule has 1 N–H and O–H groups in total. The zero-order chi connectivity index (χ0) is 18.2. The van der Waals surface area contributed by atoms with Gasteiger partial charge < -0.3 is 10.1 Å². The van der Waals surface area contributed by atoms with Gasteiger partial charge in [-0.05, 0) is 18.1 Å². The average molecular weight is 339 g/mol. The van der Waals surface area contributed by atoms with E-state index in [4.69, 9.17) is 4.74 Å². The van der Waals surface area contributed by atoms with Crippen molar-refractivity contribution < 1.29 is 19.1 Å². The van der Waals surface area contributed by atoms with Crippen LogP contribution in [-0.2, 0) is 25.7 Å². The molecule has 2 unspecified atom stereocenters. The lowest BCUT2D eigenvalue weighted by Crippen LogP contribution is -2.40. The van der Waals surface area contributed by atoms with Gasteiger partial charge in [0.25, 0.3) is 0 Å². The number of carbonyl (C=O) groups excluding carboxylic acids is 3. The van der Waals surface area contributed by atoms with Crippen LogP contribution in [0.3, 0.4) is 0 Å². The third-order valence-electron chi connectivity index (χ3n) is 3.77. The van der Waals surface area contributed by atoms with E-state index in [9.17, 15) is 14.4 Å². The largest absolute Gasteiger partial charge is 0.460 e. The van der Waals surface area contributed by atoms with Crippen LogP contribution in [0.5, 0.6) is 0 Å². The Balaban J connectivity index is 2.21. The first kappa shape index (κ1) is 18.4. The van der Waals surface area contributed by atoms with Crippen LogP contribution in [0.4, 0.5) is 0 Å². The molecule has 5 heteroatoms. The van der Waals surface area contributed by atoms with Crippen molar-refractivity contribution in [2.75, 3.05) is 0 Å². The monoisotopic (exact) mass is 339 g/mol. The molecule has 2 rings (SSSR count). The molecular formula is C20H21NO4. The van der Waals surface area contributed by atoms with Crippen molar-refractivity contribution in [3.05, 3.63) is 71.8 Å². The molecule has 25 heavy (non-hydrogen) atoms. The molecule has 0 heterocycles. The Bertz CT molecular complexity index is 728. The molecule has 2 aromatic rings. The maximum atomic E-state index is 12.6.